The average molecular weight is 381 g/mol. The number of nitrogens with one attached hydrogen (secondary N) is 1. The van der Waals surface area contributed by atoms with E-state index < -0.39 is 0 Å². The van der Waals surface area contributed by atoms with Crippen LogP contribution in [0.15, 0.2) is 43.0 Å². The fourth-order valence-electron chi connectivity index (χ4n) is 2.73. The molecule has 0 radical (unpaired) electrons. The van der Waals surface area contributed by atoms with E-state index in [2.05, 4.69) is 25.3 Å². The van der Waals surface area contributed by atoms with Crippen molar-refractivity contribution in [3.05, 3.63) is 59.4 Å². The number of thiazole rings is 1. The van der Waals surface area contributed by atoms with E-state index >= 15 is 0 Å². The Bertz CT molecular complexity index is 1100. The summed E-state index contributed by atoms with van der Waals surface area (Å²) in [6.45, 7) is 2.43. The predicted molar refractivity (Wildman–Crippen MR) is 103 cm³/mol. The molecule has 1 N–H and O–H groups in total. The first kappa shape index (κ1) is 17.3. The van der Waals surface area contributed by atoms with Crippen molar-refractivity contribution in [2.75, 3.05) is 12.4 Å². The van der Waals surface area contributed by atoms with Gasteiger partial charge < -0.3 is 10.1 Å². The van der Waals surface area contributed by atoms with Crippen LogP contribution >= 0.6 is 11.3 Å². The number of fused-ring (bicyclic) bond motifs is 1. The second-order valence-corrected chi connectivity index (χ2v) is 7.13. The molecule has 0 fully saturated rings. The number of rotatable bonds is 5. The second-order valence-electron chi connectivity index (χ2n) is 5.89. The Hall–Kier alpha value is -3.13. The summed E-state index contributed by atoms with van der Waals surface area (Å²) in [5.74, 6) is 0.944. The fourth-order valence-corrected chi connectivity index (χ4v) is 3.48. The zero-order valence-electron chi connectivity index (χ0n) is 14.7. The number of anilines is 1. The number of nitrogens with zero attached hydrogens (tertiary/aromatic N) is 4. The van der Waals surface area contributed by atoms with Gasteiger partial charge in [-0.2, -0.15) is 0 Å². The molecule has 4 aromatic rings. The minimum Gasteiger partial charge on any atom is -0.494 e. The van der Waals surface area contributed by atoms with E-state index in [-0.39, 0.29) is 5.82 Å². The number of aromatic nitrogens is 4. The fraction of sp³-hybridized carbons (Fsp3) is 0.158. The van der Waals surface area contributed by atoms with Crippen LogP contribution in [0.3, 0.4) is 0 Å². The van der Waals surface area contributed by atoms with Crippen molar-refractivity contribution in [2.24, 2.45) is 0 Å². The SMILES string of the molecule is COc1cc(-c2ncc(C)s2)cc2c(NCc3ccc(F)cn3)ncnc12. The zero-order valence-corrected chi connectivity index (χ0v) is 15.5. The van der Waals surface area contributed by atoms with Crippen LogP contribution in [0.2, 0.25) is 0 Å². The third-order valence-corrected chi connectivity index (χ3v) is 4.98. The van der Waals surface area contributed by atoms with E-state index in [4.69, 9.17) is 4.74 Å². The van der Waals surface area contributed by atoms with Crippen LogP contribution in [-0.2, 0) is 6.54 Å². The summed E-state index contributed by atoms with van der Waals surface area (Å²) in [4.78, 5) is 18.4. The molecule has 0 spiro atoms. The van der Waals surface area contributed by atoms with Crippen LogP contribution in [0.4, 0.5) is 10.2 Å². The summed E-state index contributed by atoms with van der Waals surface area (Å²) in [6, 6.07) is 6.94. The molecule has 27 heavy (non-hydrogen) atoms. The number of halogens is 1. The Kier molecular flexibility index (Phi) is 4.64. The molecule has 0 amide bonds. The van der Waals surface area contributed by atoms with E-state index in [0.29, 0.717) is 29.3 Å². The highest BCUT2D eigenvalue weighted by Crippen LogP contribution is 2.35. The van der Waals surface area contributed by atoms with E-state index in [0.717, 1.165) is 20.8 Å². The minimum atomic E-state index is -0.362. The summed E-state index contributed by atoms with van der Waals surface area (Å²) in [5, 5.41) is 4.98. The summed E-state index contributed by atoms with van der Waals surface area (Å²) in [7, 11) is 1.61. The number of pyridine rings is 1. The van der Waals surface area contributed by atoms with Gasteiger partial charge in [-0.3, -0.25) is 4.98 Å². The van der Waals surface area contributed by atoms with Gasteiger partial charge in [0.05, 0.1) is 25.5 Å². The normalized spacial score (nSPS) is 10.9. The first-order valence-corrected chi connectivity index (χ1v) is 9.05. The largest absolute Gasteiger partial charge is 0.494 e. The first-order chi connectivity index (χ1) is 13.1. The average Bonchev–Trinajstić information content (AvgIpc) is 3.13. The lowest BCUT2D eigenvalue weighted by molar-refractivity contribution is 0.419. The van der Waals surface area contributed by atoms with Crippen molar-refractivity contribution in [3.8, 4) is 16.3 Å². The second kappa shape index (κ2) is 7.24. The van der Waals surface area contributed by atoms with Crippen LogP contribution < -0.4 is 10.1 Å². The van der Waals surface area contributed by atoms with Crippen molar-refractivity contribution in [1.29, 1.82) is 0 Å². The monoisotopic (exact) mass is 381 g/mol. The topological polar surface area (TPSA) is 72.8 Å². The van der Waals surface area contributed by atoms with Crippen LogP contribution in [0.5, 0.6) is 5.75 Å². The molecule has 136 valence electrons. The van der Waals surface area contributed by atoms with Gasteiger partial charge in [-0.1, -0.05) is 0 Å². The maximum absolute atomic E-state index is 13.0. The van der Waals surface area contributed by atoms with Gasteiger partial charge in [-0.25, -0.2) is 19.3 Å². The van der Waals surface area contributed by atoms with Crippen LogP contribution in [0, 0.1) is 12.7 Å². The third kappa shape index (κ3) is 3.56. The molecule has 0 unspecified atom stereocenters. The standard InChI is InChI=1S/C19H16FN5OS/c1-11-7-23-19(27-11)12-5-15-17(16(6-12)26-2)24-10-25-18(15)22-9-14-4-3-13(20)8-21-14/h3-8,10H,9H2,1-2H3,(H,22,24,25). The van der Waals surface area contributed by atoms with Crippen molar-refractivity contribution in [2.45, 2.75) is 13.5 Å². The van der Waals surface area contributed by atoms with Crippen molar-refractivity contribution < 1.29 is 9.13 Å². The van der Waals surface area contributed by atoms with Gasteiger partial charge in [0.15, 0.2) is 0 Å². The molecule has 1 aromatic carbocycles. The maximum atomic E-state index is 13.0. The van der Waals surface area contributed by atoms with Gasteiger partial charge in [-0.05, 0) is 31.2 Å². The number of hydrogen-bond acceptors (Lipinski definition) is 7. The Labute approximate surface area is 159 Å². The van der Waals surface area contributed by atoms with Crippen molar-refractivity contribution >= 4 is 28.1 Å². The minimum absolute atomic E-state index is 0.362. The highest BCUT2D eigenvalue weighted by molar-refractivity contribution is 7.14. The number of ether oxygens (including phenoxy) is 1. The lowest BCUT2D eigenvalue weighted by atomic mass is 10.1. The van der Waals surface area contributed by atoms with Gasteiger partial charge in [0.2, 0.25) is 0 Å². The molecule has 3 heterocycles. The van der Waals surface area contributed by atoms with E-state index in [1.807, 2.05) is 25.3 Å². The summed E-state index contributed by atoms with van der Waals surface area (Å²) in [5.41, 5.74) is 2.36. The van der Waals surface area contributed by atoms with Gasteiger partial charge in [0, 0.05) is 22.0 Å². The molecule has 0 aliphatic heterocycles. The molecule has 0 atom stereocenters. The van der Waals surface area contributed by atoms with Crippen LogP contribution in [0.1, 0.15) is 10.6 Å². The molecular weight excluding hydrogens is 365 g/mol. The predicted octanol–water partition coefficient (Wildman–Crippen LogP) is 4.22. The van der Waals surface area contributed by atoms with Gasteiger partial charge in [0.25, 0.3) is 0 Å². The zero-order chi connectivity index (χ0) is 18.8. The molecule has 8 heteroatoms. The molecule has 0 saturated carbocycles. The molecule has 6 nitrogen and oxygen atoms in total. The number of hydrogen-bond donors (Lipinski definition) is 1. The van der Waals surface area contributed by atoms with E-state index in [1.165, 1.54) is 18.6 Å². The van der Waals surface area contributed by atoms with E-state index in [1.54, 1.807) is 24.5 Å². The highest BCUT2D eigenvalue weighted by atomic mass is 32.1. The van der Waals surface area contributed by atoms with Crippen LogP contribution in [0.25, 0.3) is 21.5 Å². The van der Waals surface area contributed by atoms with Crippen molar-refractivity contribution in [1.82, 2.24) is 19.9 Å². The first-order valence-electron chi connectivity index (χ1n) is 8.24. The Morgan fingerprint density at radius 3 is 2.70 bits per heavy atom. The van der Waals surface area contributed by atoms with Gasteiger partial charge in [0.1, 0.15) is 34.2 Å². The highest BCUT2D eigenvalue weighted by Gasteiger charge is 2.13. The molecule has 0 aliphatic carbocycles. The molecule has 0 bridgehead atoms. The molecule has 0 saturated heterocycles. The van der Waals surface area contributed by atoms with E-state index in [9.17, 15) is 4.39 Å². The Morgan fingerprint density at radius 2 is 2.00 bits per heavy atom. The third-order valence-electron chi connectivity index (χ3n) is 4.02. The lowest BCUT2D eigenvalue weighted by Crippen LogP contribution is -2.04. The molecule has 3 aromatic heterocycles. The summed E-state index contributed by atoms with van der Waals surface area (Å²) >= 11 is 1.61. The Balaban J connectivity index is 1.74. The van der Waals surface area contributed by atoms with Gasteiger partial charge in [-0.15, -0.1) is 11.3 Å². The number of methoxy groups -OCH3 is 1. The molecular formula is C19H16FN5OS. The van der Waals surface area contributed by atoms with Crippen LogP contribution in [-0.4, -0.2) is 27.0 Å². The smallest absolute Gasteiger partial charge is 0.145 e. The van der Waals surface area contributed by atoms with Crippen molar-refractivity contribution in [3.63, 3.8) is 0 Å². The lowest BCUT2D eigenvalue weighted by Gasteiger charge is -2.11. The molecule has 0 aliphatic rings. The summed E-state index contributed by atoms with van der Waals surface area (Å²) < 4.78 is 18.6. The maximum Gasteiger partial charge on any atom is 0.145 e. The summed E-state index contributed by atoms with van der Waals surface area (Å²) in [6.07, 6.45) is 4.52. The Morgan fingerprint density at radius 1 is 1.11 bits per heavy atom. The van der Waals surface area contributed by atoms with Gasteiger partial charge >= 0.3 is 0 Å². The number of benzene rings is 1. The molecule has 4 rings (SSSR count). The quantitative estimate of drug-likeness (QED) is 0.558. The number of aryl methyl sites for hydroxylation is 1.